The molecule has 0 fully saturated rings. The molecule has 0 aliphatic carbocycles. The Labute approximate surface area is 125 Å². The molecule has 0 aliphatic heterocycles. The molecule has 21 heavy (non-hydrogen) atoms. The molecule has 2 nitrogen and oxygen atoms in total. The molecule has 0 radical (unpaired) electrons. The molecule has 0 heterocycles. The number of benzene rings is 2. The van der Waals surface area contributed by atoms with E-state index in [1.807, 2.05) is 38.1 Å². The number of hydrogen-bond donors (Lipinski definition) is 2. The van der Waals surface area contributed by atoms with Gasteiger partial charge in [-0.05, 0) is 56.0 Å². The number of aliphatic hydroxyl groups excluding tert-OH is 1. The van der Waals surface area contributed by atoms with Crippen molar-refractivity contribution >= 4 is 5.69 Å². The smallest absolute Gasteiger partial charge is 0.125 e. The molecule has 112 valence electrons. The summed E-state index contributed by atoms with van der Waals surface area (Å²) >= 11 is 0. The molecule has 0 bridgehead atoms. The molecule has 0 spiro atoms. The van der Waals surface area contributed by atoms with Gasteiger partial charge in [0, 0.05) is 5.69 Å². The Morgan fingerprint density at radius 3 is 2.48 bits per heavy atom. The summed E-state index contributed by atoms with van der Waals surface area (Å²) < 4.78 is 13.5. The lowest BCUT2D eigenvalue weighted by atomic mass is 9.93. The maximum Gasteiger partial charge on any atom is 0.125 e. The van der Waals surface area contributed by atoms with Crippen molar-refractivity contribution in [2.45, 2.75) is 32.2 Å². The predicted molar refractivity (Wildman–Crippen MR) is 85.0 cm³/mol. The first kappa shape index (κ1) is 15.5. The van der Waals surface area contributed by atoms with Gasteiger partial charge in [0.05, 0.1) is 12.1 Å². The van der Waals surface area contributed by atoms with Gasteiger partial charge in [-0.2, -0.15) is 0 Å². The molecule has 0 saturated carbocycles. The second kappa shape index (κ2) is 6.72. The Morgan fingerprint density at radius 1 is 1.14 bits per heavy atom. The van der Waals surface area contributed by atoms with E-state index < -0.39 is 5.54 Å². The minimum atomic E-state index is -0.476. The van der Waals surface area contributed by atoms with Gasteiger partial charge in [-0.15, -0.1) is 0 Å². The molecule has 1 unspecified atom stereocenters. The first-order valence-corrected chi connectivity index (χ1v) is 7.21. The summed E-state index contributed by atoms with van der Waals surface area (Å²) in [6, 6.07) is 15.0. The predicted octanol–water partition coefficient (Wildman–Crippen LogP) is 3.93. The number of nitrogens with one attached hydrogen (secondary N) is 1. The molecule has 0 saturated heterocycles. The Hall–Kier alpha value is -1.87. The highest BCUT2D eigenvalue weighted by molar-refractivity contribution is 5.48. The minimum Gasteiger partial charge on any atom is -0.394 e. The topological polar surface area (TPSA) is 32.3 Å². The molecule has 0 aliphatic rings. The van der Waals surface area contributed by atoms with E-state index in [0.29, 0.717) is 5.69 Å². The summed E-state index contributed by atoms with van der Waals surface area (Å²) in [5, 5.41) is 13.0. The van der Waals surface area contributed by atoms with Crippen LogP contribution in [0.1, 0.15) is 24.5 Å². The van der Waals surface area contributed by atoms with Gasteiger partial charge in [0.25, 0.3) is 0 Å². The van der Waals surface area contributed by atoms with E-state index in [1.54, 1.807) is 0 Å². The van der Waals surface area contributed by atoms with E-state index in [4.69, 9.17) is 0 Å². The third-order valence-corrected chi connectivity index (χ3v) is 3.65. The second-order valence-electron chi connectivity index (χ2n) is 5.85. The maximum absolute atomic E-state index is 13.5. The van der Waals surface area contributed by atoms with E-state index in [2.05, 4.69) is 17.4 Å². The summed E-state index contributed by atoms with van der Waals surface area (Å²) in [7, 11) is 0. The van der Waals surface area contributed by atoms with Gasteiger partial charge in [-0.3, -0.25) is 0 Å². The zero-order valence-corrected chi connectivity index (χ0v) is 12.6. The normalized spacial score (nSPS) is 13.7. The van der Waals surface area contributed by atoms with Gasteiger partial charge in [-0.1, -0.05) is 30.3 Å². The van der Waals surface area contributed by atoms with Crippen molar-refractivity contribution in [2.75, 3.05) is 11.9 Å². The number of halogens is 1. The number of hydrogen-bond acceptors (Lipinski definition) is 2. The minimum absolute atomic E-state index is 0.00457. The highest BCUT2D eigenvalue weighted by Gasteiger charge is 2.23. The van der Waals surface area contributed by atoms with Crippen molar-refractivity contribution in [1.29, 1.82) is 0 Å². The number of rotatable bonds is 6. The van der Waals surface area contributed by atoms with Gasteiger partial charge in [-0.25, -0.2) is 4.39 Å². The third kappa shape index (κ3) is 4.57. The molecule has 1 atom stereocenters. The maximum atomic E-state index is 13.5. The van der Waals surface area contributed by atoms with Gasteiger partial charge < -0.3 is 10.4 Å². The lowest BCUT2D eigenvalue weighted by Crippen LogP contribution is -2.39. The van der Waals surface area contributed by atoms with Crippen LogP contribution in [0.5, 0.6) is 0 Å². The van der Waals surface area contributed by atoms with Crippen LogP contribution < -0.4 is 5.32 Å². The first-order chi connectivity index (χ1) is 10.0. The molecule has 0 aromatic heterocycles. The van der Waals surface area contributed by atoms with Crippen LogP contribution in [0, 0.1) is 12.7 Å². The van der Waals surface area contributed by atoms with Gasteiger partial charge in [0.2, 0.25) is 0 Å². The summed E-state index contributed by atoms with van der Waals surface area (Å²) in [5.74, 6) is -0.263. The van der Waals surface area contributed by atoms with Crippen molar-refractivity contribution in [1.82, 2.24) is 0 Å². The summed E-state index contributed by atoms with van der Waals surface area (Å²) in [6.45, 7) is 3.81. The highest BCUT2D eigenvalue weighted by Crippen LogP contribution is 2.22. The molecule has 3 heteroatoms. The van der Waals surface area contributed by atoms with Crippen molar-refractivity contribution in [2.24, 2.45) is 0 Å². The molecular formula is C18H22FNO. The molecule has 2 rings (SSSR count). The number of aryl methyl sites for hydroxylation is 2. The first-order valence-electron chi connectivity index (χ1n) is 7.21. The summed E-state index contributed by atoms with van der Waals surface area (Å²) in [4.78, 5) is 0. The van der Waals surface area contributed by atoms with Crippen LogP contribution in [0.2, 0.25) is 0 Å². The number of aliphatic hydroxyl groups is 1. The van der Waals surface area contributed by atoms with E-state index in [1.165, 1.54) is 17.7 Å². The molecule has 2 aromatic carbocycles. The standard InChI is InChI=1S/C18H22FNO/c1-14-10-16(19)12-17(11-14)20-18(2,13-21)9-8-15-6-4-3-5-7-15/h3-7,10-12,20-21H,8-9,13H2,1-2H3. The van der Waals surface area contributed by atoms with Crippen LogP contribution in [0.4, 0.5) is 10.1 Å². The summed E-state index contributed by atoms with van der Waals surface area (Å²) in [5.41, 5.74) is 2.32. The largest absolute Gasteiger partial charge is 0.394 e. The van der Waals surface area contributed by atoms with Gasteiger partial charge >= 0.3 is 0 Å². The zero-order chi connectivity index (χ0) is 15.3. The highest BCUT2D eigenvalue weighted by atomic mass is 19.1. The summed E-state index contributed by atoms with van der Waals surface area (Å²) in [6.07, 6.45) is 1.63. The van der Waals surface area contributed by atoms with Crippen LogP contribution in [0.3, 0.4) is 0 Å². The fourth-order valence-electron chi connectivity index (χ4n) is 2.40. The van der Waals surface area contributed by atoms with Crippen LogP contribution in [-0.4, -0.2) is 17.3 Å². The monoisotopic (exact) mass is 287 g/mol. The van der Waals surface area contributed by atoms with Crippen LogP contribution >= 0.6 is 0 Å². The van der Waals surface area contributed by atoms with Crippen LogP contribution in [0.15, 0.2) is 48.5 Å². The average Bonchev–Trinajstić information content (AvgIpc) is 2.45. The van der Waals surface area contributed by atoms with Gasteiger partial charge in [0.15, 0.2) is 0 Å². The Balaban J connectivity index is 2.06. The van der Waals surface area contributed by atoms with E-state index in [9.17, 15) is 9.50 Å². The fraction of sp³-hybridized carbons (Fsp3) is 0.333. The van der Waals surface area contributed by atoms with E-state index in [0.717, 1.165) is 18.4 Å². The average molecular weight is 287 g/mol. The molecular weight excluding hydrogens is 265 g/mol. The third-order valence-electron chi connectivity index (χ3n) is 3.65. The SMILES string of the molecule is Cc1cc(F)cc(NC(C)(CO)CCc2ccccc2)c1. The second-order valence-corrected chi connectivity index (χ2v) is 5.85. The Bertz CT molecular complexity index is 565. The quantitative estimate of drug-likeness (QED) is 0.843. The van der Waals surface area contributed by atoms with E-state index >= 15 is 0 Å². The molecule has 2 aromatic rings. The van der Waals surface area contributed by atoms with E-state index in [-0.39, 0.29) is 12.4 Å². The van der Waals surface area contributed by atoms with Crippen molar-refractivity contribution in [3.8, 4) is 0 Å². The molecule has 2 N–H and O–H groups in total. The Kier molecular flexibility index (Phi) is 4.97. The lowest BCUT2D eigenvalue weighted by Gasteiger charge is -2.30. The van der Waals surface area contributed by atoms with Crippen LogP contribution in [-0.2, 0) is 6.42 Å². The number of anilines is 1. The van der Waals surface area contributed by atoms with Crippen molar-refractivity contribution < 1.29 is 9.50 Å². The van der Waals surface area contributed by atoms with Crippen molar-refractivity contribution in [3.05, 3.63) is 65.5 Å². The van der Waals surface area contributed by atoms with Crippen molar-refractivity contribution in [3.63, 3.8) is 0 Å². The Morgan fingerprint density at radius 2 is 1.86 bits per heavy atom. The molecule has 0 amide bonds. The fourth-order valence-corrected chi connectivity index (χ4v) is 2.40. The van der Waals surface area contributed by atoms with Gasteiger partial charge in [0.1, 0.15) is 5.82 Å². The van der Waals surface area contributed by atoms with Crippen LogP contribution in [0.25, 0.3) is 0 Å². The lowest BCUT2D eigenvalue weighted by molar-refractivity contribution is 0.215. The zero-order valence-electron chi connectivity index (χ0n) is 12.6.